The van der Waals surface area contributed by atoms with Crippen LogP contribution in [-0.2, 0) is 18.4 Å². The first-order chi connectivity index (χ1) is 19.5. The van der Waals surface area contributed by atoms with Crippen LogP contribution in [0, 0.1) is 6.92 Å². The van der Waals surface area contributed by atoms with Gasteiger partial charge in [0.25, 0.3) is 0 Å². The predicted molar refractivity (Wildman–Crippen MR) is 151 cm³/mol. The van der Waals surface area contributed by atoms with Gasteiger partial charge in [0.15, 0.2) is 0 Å². The molecule has 5 aromatic rings. The summed E-state index contributed by atoms with van der Waals surface area (Å²) in [5.41, 5.74) is 6.07. The lowest BCUT2D eigenvalue weighted by molar-refractivity contribution is 0.0695. The molecule has 6 rings (SSSR count). The second-order valence-electron chi connectivity index (χ2n) is 10.2. The summed E-state index contributed by atoms with van der Waals surface area (Å²) in [6.07, 6.45) is 6.90. The zero-order valence-electron chi connectivity index (χ0n) is 22.7. The van der Waals surface area contributed by atoms with Crippen LogP contribution in [0.2, 0.25) is 0 Å². The lowest BCUT2D eigenvalue weighted by Gasteiger charge is -2.37. The summed E-state index contributed by atoms with van der Waals surface area (Å²) in [7, 11) is 1.84. The van der Waals surface area contributed by atoms with Crippen LogP contribution < -0.4 is 5.32 Å². The number of H-pyrrole nitrogens is 1. The maximum absolute atomic E-state index is 12.9. The number of amides is 1. The van der Waals surface area contributed by atoms with E-state index in [0.29, 0.717) is 12.5 Å². The number of fused-ring (bicyclic) bond motifs is 1. The predicted octanol–water partition coefficient (Wildman–Crippen LogP) is 4.73. The Bertz CT molecular complexity index is 1650. The maximum atomic E-state index is 12.9. The van der Waals surface area contributed by atoms with Crippen molar-refractivity contribution < 1.29 is 9.53 Å². The molecule has 0 radical (unpaired) electrons. The molecule has 1 aromatic carbocycles. The molecule has 1 aliphatic rings. The van der Waals surface area contributed by atoms with Gasteiger partial charge in [0, 0.05) is 49.0 Å². The molecule has 0 saturated carbocycles. The van der Waals surface area contributed by atoms with Crippen molar-refractivity contribution in [3.8, 4) is 22.6 Å². The smallest absolute Gasteiger partial charge is 0.410 e. The molecule has 0 aliphatic carbocycles. The third-order valence-electron chi connectivity index (χ3n) is 7.40. The second-order valence-corrected chi connectivity index (χ2v) is 10.2. The van der Waals surface area contributed by atoms with Gasteiger partial charge in [-0.3, -0.25) is 0 Å². The van der Waals surface area contributed by atoms with Crippen LogP contribution in [-0.4, -0.2) is 64.6 Å². The number of aromatic nitrogens is 7. The van der Waals surface area contributed by atoms with E-state index in [-0.39, 0.29) is 24.8 Å². The Morgan fingerprint density at radius 3 is 2.77 bits per heavy atom. The first kappa shape index (κ1) is 25.5. The zero-order chi connectivity index (χ0) is 27.6. The van der Waals surface area contributed by atoms with Gasteiger partial charge in [-0.25, -0.2) is 24.4 Å². The summed E-state index contributed by atoms with van der Waals surface area (Å²) >= 11 is 0. The lowest BCUT2D eigenvalue weighted by Crippen LogP contribution is -2.50. The van der Waals surface area contributed by atoms with Crippen molar-refractivity contribution in [2.75, 3.05) is 11.9 Å². The number of benzene rings is 1. The quantitative estimate of drug-likeness (QED) is 0.318. The summed E-state index contributed by atoms with van der Waals surface area (Å²) in [6.45, 7) is 4.82. The van der Waals surface area contributed by atoms with Crippen molar-refractivity contribution in [2.24, 2.45) is 7.05 Å². The molecule has 0 bridgehead atoms. The molecule has 1 amide bonds. The normalized spacial score (nSPS) is 17.2. The number of pyridine rings is 1. The highest BCUT2D eigenvalue weighted by molar-refractivity contribution is 5.94. The average molecular weight is 538 g/mol. The molecule has 1 aliphatic heterocycles. The Morgan fingerprint density at radius 2 is 1.98 bits per heavy atom. The van der Waals surface area contributed by atoms with Crippen LogP contribution in [0.4, 0.5) is 10.7 Å². The molecule has 40 heavy (non-hydrogen) atoms. The van der Waals surface area contributed by atoms with Gasteiger partial charge in [0.1, 0.15) is 17.9 Å². The van der Waals surface area contributed by atoms with E-state index in [1.165, 1.54) is 0 Å². The van der Waals surface area contributed by atoms with E-state index < -0.39 is 0 Å². The number of aromatic amines is 1. The number of carbonyl (C=O) groups excluding carboxylic acids is 1. The maximum Gasteiger partial charge on any atom is 0.410 e. The minimum absolute atomic E-state index is 0.00993. The fraction of sp³-hybridized carbons (Fsp3) is 0.310. The number of ether oxygens (including phenoxy) is 1. The fourth-order valence-corrected chi connectivity index (χ4v) is 5.11. The minimum Gasteiger partial charge on any atom is -0.445 e. The monoisotopic (exact) mass is 537 g/mol. The number of hydrogen-bond acceptors (Lipinski definition) is 8. The SMILES string of the molecule is Cc1cnc(N[C@@H]2CC[C@@H](C)N(C(=O)OCc3ccccc3)C2)nc1-c1c[nH]c2nc(-c3cnnn3C)ccc12. The van der Waals surface area contributed by atoms with Crippen molar-refractivity contribution in [1.82, 2.24) is 39.8 Å². The zero-order valence-corrected chi connectivity index (χ0v) is 22.7. The topological polar surface area (TPSA) is 127 Å². The van der Waals surface area contributed by atoms with Crippen LogP contribution in [0.3, 0.4) is 0 Å². The number of piperidine rings is 1. The van der Waals surface area contributed by atoms with Crippen LogP contribution >= 0.6 is 0 Å². The van der Waals surface area contributed by atoms with Gasteiger partial charge >= 0.3 is 6.09 Å². The minimum atomic E-state index is -0.305. The van der Waals surface area contributed by atoms with Crippen molar-refractivity contribution in [2.45, 2.75) is 45.4 Å². The van der Waals surface area contributed by atoms with E-state index in [1.807, 2.05) is 68.8 Å². The Kier molecular flexibility index (Phi) is 6.85. The Hall–Kier alpha value is -4.80. The lowest BCUT2D eigenvalue weighted by atomic mass is 10.00. The average Bonchev–Trinajstić information content (AvgIpc) is 3.60. The molecule has 2 atom stereocenters. The van der Waals surface area contributed by atoms with Gasteiger partial charge in [-0.1, -0.05) is 35.5 Å². The second kappa shape index (κ2) is 10.8. The molecular formula is C29H31N9O2. The number of hydrogen-bond donors (Lipinski definition) is 2. The van der Waals surface area contributed by atoms with E-state index in [0.717, 1.165) is 57.6 Å². The third-order valence-corrected chi connectivity index (χ3v) is 7.40. The van der Waals surface area contributed by atoms with E-state index >= 15 is 0 Å². The number of nitrogens with one attached hydrogen (secondary N) is 2. The Balaban J connectivity index is 1.18. The molecule has 4 aromatic heterocycles. The molecular weight excluding hydrogens is 506 g/mol. The van der Waals surface area contributed by atoms with Gasteiger partial charge in [-0.15, -0.1) is 5.10 Å². The number of carbonyl (C=O) groups is 1. The van der Waals surface area contributed by atoms with Crippen LogP contribution in [0.1, 0.15) is 30.9 Å². The van der Waals surface area contributed by atoms with Crippen LogP contribution in [0.5, 0.6) is 0 Å². The van der Waals surface area contributed by atoms with Gasteiger partial charge < -0.3 is 19.9 Å². The van der Waals surface area contributed by atoms with Gasteiger partial charge in [-0.2, -0.15) is 0 Å². The summed E-state index contributed by atoms with van der Waals surface area (Å²) in [6, 6.07) is 13.8. The summed E-state index contributed by atoms with van der Waals surface area (Å²) in [4.78, 5) is 32.2. The third kappa shape index (κ3) is 5.09. The summed E-state index contributed by atoms with van der Waals surface area (Å²) in [5.74, 6) is 0.526. The largest absolute Gasteiger partial charge is 0.445 e. The van der Waals surface area contributed by atoms with E-state index in [9.17, 15) is 4.79 Å². The van der Waals surface area contributed by atoms with E-state index in [2.05, 4.69) is 32.5 Å². The molecule has 204 valence electrons. The van der Waals surface area contributed by atoms with Gasteiger partial charge in [-0.05, 0) is 49.9 Å². The Labute approximate surface area is 231 Å². The number of rotatable bonds is 6. The highest BCUT2D eigenvalue weighted by Crippen LogP contribution is 2.31. The first-order valence-corrected chi connectivity index (χ1v) is 13.4. The van der Waals surface area contributed by atoms with Crippen LogP contribution in [0.15, 0.2) is 61.1 Å². The number of likely N-dealkylation sites (tertiary alicyclic amines) is 1. The number of nitrogens with zero attached hydrogens (tertiary/aromatic N) is 7. The van der Waals surface area contributed by atoms with Gasteiger partial charge in [0.05, 0.1) is 17.6 Å². The molecule has 1 saturated heterocycles. The van der Waals surface area contributed by atoms with Crippen molar-refractivity contribution in [3.05, 3.63) is 72.2 Å². The standard InChI is InChI=1S/C29H31N9O2/c1-18-13-31-28(33-21-10-9-19(2)38(16-21)29(39)40-17-20-7-5-4-6-8-20)35-26(18)23-14-30-27-22(23)11-12-24(34-27)25-15-32-36-37(25)3/h4-8,11-15,19,21H,9-10,16-17H2,1-3H3,(H,30,34)(H,31,33,35)/t19-,21-/m1/s1. The highest BCUT2D eigenvalue weighted by atomic mass is 16.6. The first-order valence-electron chi connectivity index (χ1n) is 13.4. The summed E-state index contributed by atoms with van der Waals surface area (Å²) in [5, 5.41) is 12.4. The summed E-state index contributed by atoms with van der Waals surface area (Å²) < 4.78 is 7.31. The molecule has 5 heterocycles. The molecule has 0 spiro atoms. The van der Waals surface area contributed by atoms with Gasteiger partial charge in [0.2, 0.25) is 5.95 Å². The molecule has 0 unspecified atom stereocenters. The van der Waals surface area contributed by atoms with E-state index in [1.54, 1.807) is 15.8 Å². The van der Waals surface area contributed by atoms with Crippen LogP contribution in [0.25, 0.3) is 33.7 Å². The Morgan fingerprint density at radius 1 is 1.12 bits per heavy atom. The van der Waals surface area contributed by atoms with Crippen molar-refractivity contribution >= 4 is 23.1 Å². The number of aryl methyl sites for hydroxylation is 2. The molecule has 11 heteroatoms. The molecule has 2 N–H and O–H groups in total. The van der Waals surface area contributed by atoms with Crippen molar-refractivity contribution in [1.29, 1.82) is 0 Å². The van der Waals surface area contributed by atoms with Crippen molar-refractivity contribution in [3.63, 3.8) is 0 Å². The number of anilines is 1. The van der Waals surface area contributed by atoms with E-state index in [4.69, 9.17) is 14.7 Å². The molecule has 1 fully saturated rings. The highest BCUT2D eigenvalue weighted by Gasteiger charge is 2.30. The fourth-order valence-electron chi connectivity index (χ4n) is 5.11. The molecule has 11 nitrogen and oxygen atoms in total.